The molecule has 6 heteroatoms. The van der Waals surface area contributed by atoms with Gasteiger partial charge in [-0.1, -0.05) is 0 Å². The normalized spacial score (nSPS) is 12.4. The molecule has 0 heterocycles. The number of aliphatic hydroxyl groups is 3. The Morgan fingerprint density at radius 2 is 1.50 bits per heavy atom. The molecule has 0 unspecified atom stereocenters. The van der Waals surface area contributed by atoms with Crippen molar-refractivity contribution < 1.29 is 24.8 Å². The second-order valence-electron chi connectivity index (χ2n) is 3.04. The van der Waals surface area contributed by atoms with Gasteiger partial charge in [0.25, 0.3) is 0 Å². The first kappa shape index (κ1) is 13.8. The van der Waals surface area contributed by atoms with Crippen molar-refractivity contribution in [1.82, 2.24) is 5.32 Å². The van der Waals surface area contributed by atoms with E-state index < -0.39 is 11.8 Å². The second kappa shape index (κ2) is 7.10. The molecule has 0 radical (unpaired) electrons. The summed E-state index contributed by atoms with van der Waals surface area (Å²) in [5, 5.41) is 29.7. The summed E-state index contributed by atoms with van der Waals surface area (Å²) < 4.78 is 9.80. The highest BCUT2D eigenvalue weighted by Crippen LogP contribution is 2.02. The summed E-state index contributed by atoms with van der Waals surface area (Å²) in [5.74, 6) is 0. The van der Waals surface area contributed by atoms with Crippen LogP contribution < -0.4 is 5.32 Å². The van der Waals surface area contributed by atoms with Crippen LogP contribution in [0.1, 0.15) is 0 Å². The van der Waals surface area contributed by atoms with Crippen LogP contribution in [0.25, 0.3) is 0 Å². The van der Waals surface area contributed by atoms with E-state index in [9.17, 15) is 0 Å². The van der Waals surface area contributed by atoms with Gasteiger partial charge in [0.2, 0.25) is 0 Å². The molecular formula is C8H19NO5. The van der Waals surface area contributed by atoms with Gasteiger partial charge in [0.15, 0.2) is 6.29 Å². The van der Waals surface area contributed by atoms with E-state index in [0.29, 0.717) is 0 Å². The molecule has 0 rings (SSSR count). The summed E-state index contributed by atoms with van der Waals surface area (Å²) in [6, 6.07) is 0. The van der Waals surface area contributed by atoms with Gasteiger partial charge < -0.3 is 30.1 Å². The molecule has 14 heavy (non-hydrogen) atoms. The first-order chi connectivity index (χ1) is 6.67. The minimum absolute atomic E-state index is 0.272. The lowest BCUT2D eigenvalue weighted by atomic mass is 10.0. The van der Waals surface area contributed by atoms with E-state index in [1.165, 1.54) is 14.2 Å². The van der Waals surface area contributed by atoms with E-state index in [-0.39, 0.29) is 26.4 Å². The van der Waals surface area contributed by atoms with Crippen LogP contribution >= 0.6 is 0 Å². The fourth-order valence-electron chi connectivity index (χ4n) is 0.880. The maximum Gasteiger partial charge on any atom is 0.169 e. The Labute approximate surface area is 83.5 Å². The van der Waals surface area contributed by atoms with Gasteiger partial charge in [-0.2, -0.15) is 0 Å². The van der Waals surface area contributed by atoms with E-state index >= 15 is 0 Å². The van der Waals surface area contributed by atoms with Crippen molar-refractivity contribution in [3.05, 3.63) is 0 Å². The van der Waals surface area contributed by atoms with Crippen molar-refractivity contribution >= 4 is 0 Å². The third-order valence-corrected chi connectivity index (χ3v) is 2.08. The molecule has 0 saturated carbocycles. The Morgan fingerprint density at radius 3 is 1.79 bits per heavy atom. The lowest BCUT2D eigenvalue weighted by Gasteiger charge is -2.30. The molecule has 0 amide bonds. The Hall–Kier alpha value is -0.240. The zero-order chi connectivity index (χ0) is 11.0. The number of methoxy groups -OCH3 is 2. The first-order valence-corrected chi connectivity index (χ1v) is 4.31. The predicted octanol–water partition coefficient (Wildman–Crippen LogP) is -2.09. The molecule has 0 bridgehead atoms. The summed E-state index contributed by atoms with van der Waals surface area (Å²) in [6.45, 7) is -0.810. The quantitative estimate of drug-likeness (QED) is 0.343. The topological polar surface area (TPSA) is 91.2 Å². The highest BCUT2D eigenvalue weighted by Gasteiger charge is 2.28. The monoisotopic (exact) mass is 209 g/mol. The van der Waals surface area contributed by atoms with Crippen molar-refractivity contribution in [3.63, 3.8) is 0 Å². The molecule has 0 aliphatic carbocycles. The summed E-state index contributed by atoms with van der Waals surface area (Å²) in [6.07, 6.45) is -0.473. The van der Waals surface area contributed by atoms with Crippen LogP contribution in [0.15, 0.2) is 0 Å². The van der Waals surface area contributed by atoms with Crippen LogP contribution in [0, 0.1) is 0 Å². The van der Waals surface area contributed by atoms with Gasteiger partial charge in [-0.3, -0.25) is 0 Å². The van der Waals surface area contributed by atoms with Gasteiger partial charge in [-0.25, -0.2) is 0 Å². The minimum Gasteiger partial charge on any atom is -0.394 e. The fraction of sp³-hybridized carbons (Fsp3) is 1.00. The van der Waals surface area contributed by atoms with Crippen LogP contribution in [0.4, 0.5) is 0 Å². The third-order valence-electron chi connectivity index (χ3n) is 2.08. The molecule has 0 aromatic heterocycles. The number of aliphatic hydroxyl groups excluding tert-OH is 3. The molecule has 4 N–H and O–H groups in total. The van der Waals surface area contributed by atoms with Gasteiger partial charge in [0, 0.05) is 20.8 Å². The van der Waals surface area contributed by atoms with Gasteiger partial charge in [0.05, 0.1) is 25.4 Å². The molecular weight excluding hydrogens is 190 g/mol. The van der Waals surface area contributed by atoms with Crippen molar-refractivity contribution in [1.29, 1.82) is 0 Å². The summed E-state index contributed by atoms with van der Waals surface area (Å²) in [7, 11) is 2.96. The van der Waals surface area contributed by atoms with E-state index in [0.717, 1.165) is 0 Å². The van der Waals surface area contributed by atoms with Crippen molar-refractivity contribution in [2.75, 3.05) is 40.6 Å². The molecule has 0 atom stereocenters. The summed E-state index contributed by atoms with van der Waals surface area (Å²) >= 11 is 0. The van der Waals surface area contributed by atoms with Crippen LogP contribution in [-0.2, 0) is 9.47 Å². The van der Waals surface area contributed by atoms with Gasteiger partial charge in [0.1, 0.15) is 0 Å². The molecule has 0 aromatic rings. The van der Waals surface area contributed by atoms with Crippen molar-refractivity contribution in [2.45, 2.75) is 11.8 Å². The number of ether oxygens (including phenoxy) is 2. The third kappa shape index (κ3) is 3.87. The van der Waals surface area contributed by atoms with Crippen LogP contribution in [0.5, 0.6) is 0 Å². The van der Waals surface area contributed by atoms with Crippen molar-refractivity contribution in [2.24, 2.45) is 0 Å². The second-order valence-corrected chi connectivity index (χ2v) is 3.04. The molecule has 86 valence electrons. The Morgan fingerprint density at radius 1 is 1.07 bits per heavy atom. The van der Waals surface area contributed by atoms with Crippen LogP contribution in [-0.4, -0.2) is 67.7 Å². The van der Waals surface area contributed by atoms with E-state index in [2.05, 4.69) is 5.32 Å². The SMILES string of the molecule is COC(CNC(CO)(CO)CO)OC. The smallest absolute Gasteiger partial charge is 0.169 e. The molecule has 0 aliphatic heterocycles. The highest BCUT2D eigenvalue weighted by atomic mass is 16.7. The summed E-state index contributed by atoms with van der Waals surface area (Å²) in [4.78, 5) is 0. The first-order valence-electron chi connectivity index (χ1n) is 4.31. The average molecular weight is 209 g/mol. The standard InChI is InChI=1S/C8H19NO5/c1-13-7(14-2)3-9-8(4-10,5-11)6-12/h7,9-12H,3-6H2,1-2H3. The van der Waals surface area contributed by atoms with Gasteiger partial charge in [-0.05, 0) is 0 Å². The number of hydrogen-bond donors (Lipinski definition) is 4. The van der Waals surface area contributed by atoms with Crippen molar-refractivity contribution in [3.8, 4) is 0 Å². The molecule has 0 aromatic carbocycles. The molecule has 0 saturated heterocycles. The number of nitrogens with one attached hydrogen (secondary N) is 1. The Kier molecular flexibility index (Phi) is 6.98. The number of hydrogen-bond acceptors (Lipinski definition) is 6. The van der Waals surface area contributed by atoms with Gasteiger partial charge >= 0.3 is 0 Å². The van der Waals surface area contributed by atoms with Crippen LogP contribution in [0.2, 0.25) is 0 Å². The molecule has 0 fully saturated rings. The summed E-state index contributed by atoms with van der Waals surface area (Å²) in [5.41, 5.74) is -1.09. The number of rotatable bonds is 8. The largest absolute Gasteiger partial charge is 0.394 e. The Balaban J connectivity index is 4.04. The lowest BCUT2D eigenvalue weighted by Crippen LogP contribution is -2.56. The van der Waals surface area contributed by atoms with Gasteiger partial charge in [-0.15, -0.1) is 0 Å². The lowest BCUT2D eigenvalue weighted by molar-refractivity contribution is -0.106. The average Bonchev–Trinajstić information content (AvgIpc) is 2.26. The van der Waals surface area contributed by atoms with E-state index in [4.69, 9.17) is 24.8 Å². The van der Waals surface area contributed by atoms with E-state index in [1.54, 1.807) is 0 Å². The maximum atomic E-state index is 8.97. The Bertz CT molecular complexity index is 127. The minimum atomic E-state index is -1.09. The van der Waals surface area contributed by atoms with E-state index in [1.807, 2.05) is 0 Å². The highest BCUT2D eigenvalue weighted by molar-refractivity contribution is 4.86. The molecule has 0 aliphatic rings. The van der Waals surface area contributed by atoms with Crippen LogP contribution in [0.3, 0.4) is 0 Å². The molecule has 0 spiro atoms. The maximum absolute atomic E-state index is 8.97. The fourth-order valence-corrected chi connectivity index (χ4v) is 0.880. The predicted molar refractivity (Wildman–Crippen MR) is 49.8 cm³/mol. The molecule has 6 nitrogen and oxygen atoms in total. The zero-order valence-corrected chi connectivity index (χ0v) is 8.56. The zero-order valence-electron chi connectivity index (χ0n) is 8.56.